The lowest BCUT2D eigenvalue weighted by Crippen LogP contribution is -2.56. The molecule has 172 valence electrons. The molecule has 0 saturated heterocycles. The van der Waals surface area contributed by atoms with Crippen molar-refractivity contribution >= 4 is 28.5 Å². The van der Waals surface area contributed by atoms with Crippen LogP contribution in [-0.2, 0) is 25.5 Å². The number of rotatable bonds is 10. The van der Waals surface area contributed by atoms with Gasteiger partial charge in [0, 0.05) is 0 Å². The molecule has 0 saturated carbocycles. The van der Waals surface area contributed by atoms with Gasteiger partial charge in [0.1, 0.15) is 6.04 Å². The molecule has 0 fully saturated rings. The Labute approximate surface area is 187 Å². The minimum Gasteiger partial charge on any atom is -0.368 e. The molecule has 0 aliphatic rings. The molecule has 2 aromatic carbocycles. The van der Waals surface area contributed by atoms with Crippen molar-refractivity contribution < 1.29 is 24.3 Å². The van der Waals surface area contributed by atoms with Gasteiger partial charge in [0.25, 0.3) is 5.91 Å². The van der Waals surface area contributed by atoms with Crippen molar-refractivity contribution in [2.45, 2.75) is 39.3 Å². The Balaban J connectivity index is 2.43. The molecule has 2 rings (SSSR count). The van der Waals surface area contributed by atoms with E-state index in [0.29, 0.717) is 0 Å². The summed E-state index contributed by atoms with van der Waals surface area (Å²) in [7, 11) is 0. The van der Waals surface area contributed by atoms with Crippen molar-refractivity contribution in [3.05, 3.63) is 60.7 Å². The third-order valence-electron chi connectivity index (χ3n) is 5.17. The van der Waals surface area contributed by atoms with Crippen LogP contribution < -0.4 is 16.5 Å². The summed E-state index contributed by atoms with van der Waals surface area (Å²) < 4.78 is 5.55. The maximum Gasteiger partial charge on any atom is 0.273 e. The monoisotopic (exact) mass is 441 g/mol. The standard InChI is InChI=1S/C24H31N3O5/c1-5-12-32-19(23(30)27-31)18(22(29)26-20(21(25)28)24(2,3)4)14-15-10-11-16-8-6-7-9-17(16)13-15/h5-11,13,18-20,31H,1,12,14H2,2-4H3,(H2,25,28)(H,26,29)(H,27,30)/t18-,19+,20-/m1/s1. The zero-order valence-corrected chi connectivity index (χ0v) is 18.6. The molecule has 32 heavy (non-hydrogen) atoms. The van der Waals surface area contributed by atoms with Crippen LogP contribution in [0.1, 0.15) is 26.3 Å². The molecular weight excluding hydrogens is 410 g/mol. The van der Waals surface area contributed by atoms with Crippen LogP contribution in [0.4, 0.5) is 0 Å². The van der Waals surface area contributed by atoms with Gasteiger partial charge < -0.3 is 15.8 Å². The van der Waals surface area contributed by atoms with Crippen LogP contribution in [-0.4, -0.2) is 41.7 Å². The van der Waals surface area contributed by atoms with E-state index in [1.54, 1.807) is 26.3 Å². The summed E-state index contributed by atoms with van der Waals surface area (Å²) in [5, 5.41) is 13.9. The highest BCUT2D eigenvalue weighted by Crippen LogP contribution is 2.24. The number of amides is 3. The Morgan fingerprint density at radius 3 is 2.34 bits per heavy atom. The fourth-order valence-corrected chi connectivity index (χ4v) is 3.53. The number of carbonyl (C=O) groups is 3. The zero-order chi connectivity index (χ0) is 23.9. The number of nitrogens with two attached hydrogens (primary N) is 1. The van der Waals surface area contributed by atoms with Crippen LogP contribution in [0.5, 0.6) is 0 Å². The van der Waals surface area contributed by atoms with E-state index < -0.39 is 41.2 Å². The fraction of sp³-hybridized carbons (Fsp3) is 0.375. The second kappa shape index (κ2) is 10.9. The van der Waals surface area contributed by atoms with E-state index in [1.807, 2.05) is 42.5 Å². The van der Waals surface area contributed by atoms with E-state index in [0.717, 1.165) is 16.3 Å². The van der Waals surface area contributed by atoms with Crippen LogP contribution in [0.25, 0.3) is 10.8 Å². The van der Waals surface area contributed by atoms with Crippen LogP contribution in [0.3, 0.4) is 0 Å². The minimum atomic E-state index is -1.32. The smallest absolute Gasteiger partial charge is 0.273 e. The molecule has 0 aliphatic carbocycles. The molecule has 0 aliphatic heterocycles. The van der Waals surface area contributed by atoms with Crippen molar-refractivity contribution in [1.29, 1.82) is 0 Å². The summed E-state index contributed by atoms with van der Waals surface area (Å²) in [5.74, 6) is -3.20. The highest BCUT2D eigenvalue weighted by Gasteiger charge is 2.38. The molecule has 0 aromatic heterocycles. The van der Waals surface area contributed by atoms with Gasteiger partial charge in [-0.2, -0.15) is 0 Å². The number of hydrogen-bond acceptors (Lipinski definition) is 5. The summed E-state index contributed by atoms with van der Waals surface area (Å²) in [5.41, 5.74) is 7.21. The third-order valence-corrected chi connectivity index (χ3v) is 5.17. The average molecular weight is 442 g/mol. The van der Waals surface area contributed by atoms with Gasteiger partial charge >= 0.3 is 0 Å². The number of hydrogen-bond donors (Lipinski definition) is 4. The van der Waals surface area contributed by atoms with Gasteiger partial charge in [-0.05, 0) is 28.2 Å². The summed E-state index contributed by atoms with van der Waals surface area (Å²) in [6.45, 7) is 8.86. The lowest BCUT2D eigenvalue weighted by Gasteiger charge is -2.32. The Hall–Kier alpha value is -3.23. The number of fused-ring (bicyclic) bond motifs is 1. The van der Waals surface area contributed by atoms with Gasteiger partial charge in [-0.1, -0.05) is 69.3 Å². The molecule has 5 N–H and O–H groups in total. The van der Waals surface area contributed by atoms with Crippen molar-refractivity contribution in [1.82, 2.24) is 10.8 Å². The van der Waals surface area contributed by atoms with Crippen molar-refractivity contribution in [2.75, 3.05) is 6.61 Å². The maximum absolute atomic E-state index is 13.3. The highest BCUT2D eigenvalue weighted by molar-refractivity contribution is 5.92. The van der Waals surface area contributed by atoms with Crippen LogP contribution in [0.2, 0.25) is 0 Å². The number of hydroxylamine groups is 1. The minimum absolute atomic E-state index is 0.0158. The predicted octanol–water partition coefficient (Wildman–Crippen LogP) is 2.09. The van der Waals surface area contributed by atoms with Crippen molar-refractivity contribution in [3.63, 3.8) is 0 Å². The summed E-state index contributed by atoms with van der Waals surface area (Å²) in [6.07, 6.45) is 0.240. The number of ether oxygens (including phenoxy) is 1. The molecule has 8 nitrogen and oxygen atoms in total. The lowest BCUT2D eigenvalue weighted by atomic mass is 9.85. The third kappa shape index (κ3) is 6.38. The number of benzene rings is 2. The van der Waals surface area contributed by atoms with Crippen LogP contribution >= 0.6 is 0 Å². The summed E-state index contributed by atoms with van der Waals surface area (Å²) in [6, 6.07) is 12.5. The molecule has 0 radical (unpaired) electrons. The molecule has 2 aromatic rings. The predicted molar refractivity (Wildman–Crippen MR) is 122 cm³/mol. The van der Waals surface area contributed by atoms with Gasteiger partial charge in [0.2, 0.25) is 11.8 Å². The Bertz CT molecular complexity index is 983. The second-order valence-electron chi connectivity index (χ2n) is 8.72. The zero-order valence-electron chi connectivity index (χ0n) is 18.6. The first kappa shape index (κ1) is 25.0. The maximum atomic E-state index is 13.3. The Morgan fingerprint density at radius 2 is 1.78 bits per heavy atom. The highest BCUT2D eigenvalue weighted by atomic mass is 16.5. The van der Waals surface area contributed by atoms with E-state index in [1.165, 1.54) is 6.08 Å². The first-order chi connectivity index (χ1) is 15.1. The summed E-state index contributed by atoms with van der Waals surface area (Å²) in [4.78, 5) is 37.7. The Morgan fingerprint density at radius 1 is 1.12 bits per heavy atom. The molecule has 0 spiro atoms. The van der Waals surface area contributed by atoms with Crippen LogP contribution in [0.15, 0.2) is 55.1 Å². The second-order valence-corrected chi connectivity index (χ2v) is 8.72. The van der Waals surface area contributed by atoms with E-state index in [2.05, 4.69) is 11.9 Å². The fourth-order valence-electron chi connectivity index (χ4n) is 3.53. The van der Waals surface area contributed by atoms with Gasteiger partial charge in [-0.25, -0.2) is 5.48 Å². The molecule has 0 unspecified atom stereocenters. The molecule has 8 heteroatoms. The molecule has 0 bridgehead atoms. The molecule has 3 amide bonds. The first-order valence-corrected chi connectivity index (χ1v) is 10.3. The van der Waals surface area contributed by atoms with Gasteiger partial charge in [0.05, 0.1) is 12.5 Å². The number of primary amides is 1. The van der Waals surface area contributed by atoms with E-state index in [-0.39, 0.29) is 13.0 Å². The van der Waals surface area contributed by atoms with Gasteiger partial charge in [-0.15, -0.1) is 6.58 Å². The lowest BCUT2D eigenvalue weighted by molar-refractivity contribution is -0.150. The van der Waals surface area contributed by atoms with E-state index in [4.69, 9.17) is 10.5 Å². The van der Waals surface area contributed by atoms with Crippen molar-refractivity contribution in [2.24, 2.45) is 17.1 Å². The quantitative estimate of drug-likeness (QED) is 0.255. The molecular formula is C24H31N3O5. The van der Waals surface area contributed by atoms with E-state index >= 15 is 0 Å². The average Bonchev–Trinajstić information content (AvgIpc) is 2.75. The normalized spacial score (nSPS) is 14.2. The number of carbonyl (C=O) groups excluding carboxylic acids is 3. The molecule has 3 atom stereocenters. The SMILES string of the molecule is C=CCO[C@H](C(=O)NO)[C@@H](Cc1ccc2ccccc2c1)C(=O)N[C@H](C(N)=O)C(C)(C)C. The topological polar surface area (TPSA) is 131 Å². The van der Waals surface area contributed by atoms with Gasteiger partial charge in [-0.3, -0.25) is 19.6 Å². The van der Waals surface area contributed by atoms with Crippen molar-refractivity contribution in [3.8, 4) is 0 Å². The number of nitrogens with one attached hydrogen (secondary N) is 2. The van der Waals surface area contributed by atoms with Crippen LogP contribution in [0, 0.1) is 11.3 Å². The summed E-state index contributed by atoms with van der Waals surface area (Å²) >= 11 is 0. The molecule has 0 heterocycles. The van der Waals surface area contributed by atoms with Gasteiger partial charge in [0.15, 0.2) is 6.10 Å². The van der Waals surface area contributed by atoms with E-state index in [9.17, 15) is 19.6 Å². The largest absolute Gasteiger partial charge is 0.368 e. The first-order valence-electron chi connectivity index (χ1n) is 10.3. The Kier molecular flexibility index (Phi) is 8.51.